The first kappa shape index (κ1) is 12.9. The van der Waals surface area contributed by atoms with Gasteiger partial charge in [0.05, 0.1) is 12.0 Å². The number of carbonyl (C=O) groups is 1. The molecule has 0 radical (unpaired) electrons. The van der Waals surface area contributed by atoms with E-state index in [1.807, 2.05) is 0 Å². The molecule has 0 saturated heterocycles. The van der Waals surface area contributed by atoms with Crippen LogP contribution in [-0.2, 0) is 9.45 Å². The Morgan fingerprint density at radius 2 is 2.28 bits per heavy atom. The molecule has 96 valence electrons. The Morgan fingerprint density at radius 3 is 2.83 bits per heavy atom. The van der Waals surface area contributed by atoms with Crippen molar-refractivity contribution in [3.05, 3.63) is 23.5 Å². The third-order valence-corrected chi connectivity index (χ3v) is 3.09. The van der Waals surface area contributed by atoms with Crippen LogP contribution in [0.1, 0.15) is 25.0 Å². The summed E-state index contributed by atoms with van der Waals surface area (Å²) in [5.41, 5.74) is 0.0896. The molecule has 0 aliphatic carbocycles. The number of aromatic hydroxyl groups is 1. The minimum absolute atomic E-state index is 0.00884. The molecule has 0 fully saturated rings. The molecule has 2 unspecified atom stereocenters. The van der Waals surface area contributed by atoms with Crippen molar-refractivity contribution >= 4 is 18.6 Å². The number of aliphatic carboxylic acids is 1. The molecule has 1 aromatic rings. The van der Waals surface area contributed by atoms with E-state index in [4.69, 9.17) is 9.76 Å². The number of hydrogen-bond acceptors (Lipinski definition) is 4. The van der Waals surface area contributed by atoms with Gasteiger partial charge in [0.1, 0.15) is 11.6 Å². The van der Waals surface area contributed by atoms with Crippen LogP contribution < -0.4 is 5.46 Å². The smallest absolute Gasteiger partial charge is 0.492 e. The summed E-state index contributed by atoms with van der Waals surface area (Å²) in [5, 5.41) is 28.0. The molecule has 1 heterocycles. The molecule has 1 aliphatic heterocycles. The fraction of sp³-hybridized carbons (Fsp3) is 0.364. The van der Waals surface area contributed by atoms with Gasteiger partial charge in [0.2, 0.25) is 0 Å². The number of fused-ring (bicyclic) bond motifs is 1. The normalized spacial score (nSPS) is 19.7. The van der Waals surface area contributed by atoms with Crippen LogP contribution in [-0.4, -0.2) is 28.3 Å². The van der Waals surface area contributed by atoms with Crippen LogP contribution in [0.5, 0.6) is 5.75 Å². The SMILES string of the molecule is CCC(C(=O)O)C1OB(O)c2cc(O)cc(F)c21. The summed E-state index contributed by atoms with van der Waals surface area (Å²) in [6.07, 6.45) is -0.801. The number of phenols is 1. The quantitative estimate of drug-likeness (QED) is 0.679. The predicted octanol–water partition coefficient (Wildman–Crippen LogP) is 0.401. The second kappa shape index (κ2) is 4.58. The van der Waals surface area contributed by atoms with Gasteiger partial charge in [-0.05, 0) is 17.9 Å². The van der Waals surface area contributed by atoms with Crippen LogP contribution in [0.3, 0.4) is 0 Å². The van der Waals surface area contributed by atoms with Gasteiger partial charge in [0, 0.05) is 11.6 Å². The summed E-state index contributed by atoms with van der Waals surface area (Å²) < 4.78 is 18.9. The van der Waals surface area contributed by atoms with Crippen molar-refractivity contribution in [2.75, 3.05) is 0 Å². The first-order valence-corrected chi connectivity index (χ1v) is 5.54. The molecule has 1 aliphatic rings. The molecule has 2 rings (SSSR count). The molecule has 0 saturated carbocycles. The predicted molar refractivity (Wildman–Crippen MR) is 60.9 cm³/mol. The monoisotopic (exact) mass is 254 g/mol. The van der Waals surface area contributed by atoms with E-state index >= 15 is 0 Å². The zero-order valence-corrected chi connectivity index (χ0v) is 9.63. The largest absolute Gasteiger partial charge is 0.508 e. The molecular formula is C11H12BFO5. The third kappa shape index (κ3) is 1.95. The fourth-order valence-corrected chi connectivity index (χ4v) is 2.22. The summed E-state index contributed by atoms with van der Waals surface area (Å²) in [4.78, 5) is 11.1. The lowest BCUT2D eigenvalue weighted by Crippen LogP contribution is -2.28. The van der Waals surface area contributed by atoms with Gasteiger partial charge in [-0.2, -0.15) is 0 Å². The highest BCUT2D eigenvalue weighted by Crippen LogP contribution is 2.35. The molecule has 2 atom stereocenters. The van der Waals surface area contributed by atoms with Crippen LogP contribution in [0, 0.1) is 11.7 Å². The molecule has 0 spiro atoms. The lowest BCUT2D eigenvalue weighted by Gasteiger charge is -2.19. The van der Waals surface area contributed by atoms with E-state index in [0.29, 0.717) is 0 Å². The van der Waals surface area contributed by atoms with Gasteiger partial charge in [-0.3, -0.25) is 4.79 Å². The summed E-state index contributed by atoms with van der Waals surface area (Å²) >= 11 is 0. The number of benzene rings is 1. The van der Waals surface area contributed by atoms with Gasteiger partial charge >= 0.3 is 13.1 Å². The molecule has 0 aromatic heterocycles. The minimum atomic E-state index is -1.42. The molecule has 0 bridgehead atoms. The Kier molecular flexibility index (Phi) is 3.27. The summed E-state index contributed by atoms with van der Waals surface area (Å²) in [7, 11) is -1.42. The first-order chi connectivity index (χ1) is 8.45. The number of rotatable bonds is 3. The van der Waals surface area contributed by atoms with Crippen molar-refractivity contribution in [2.24, 2.45) is 5.92 Å². The van der Waals surface area contributed by atoms with Crippen LogP contribution in [0.2, 0.25) is 0 Å². The van der Waals surface area contributed by atoms with Crippen LogP contribution >= 0.6 is 0 Å². The van der Waals surface area contributed by atoms with Crippen LogP contribution in [0.4, 0.5) is 4.39 Å². The van der Waals surface area contributed by atoms with E-state index in [0.717, 1.165) is 6.07 Å². The highest BCUT2D eigenvalue weighted by Gasteiger charge is 2.43. The molecular weight excluding hydrogens is 242 g/mol. The minimum Gasteiger partial charge on any atom is -0.508 e. The van der Waals surface area contributed by atoms with Crippen LogP contribution in [0.25, 0.3) is 0 Å². The van der Waals surface area contributed by atoms with Gasteiger partial charge in [-0.15, -0.1) is 0 Å². The number of carboxylic acid groups (broad SMARTS) is 1. The zero-order valence-electron chi connectivity index (χ0n) is 9.63. The van der Waals surface area contributed by atoms with Gasteiger partial charge < -0.3 is 19.9 Å². The molecule has 18 heavy (non-hydrogen) atoms. The second-order valence-electron chi connectivity index (χ2n) is 4.19. The van der Waals surface area contributed by atoms with E-state index in [-0.39, 0.29) is 23.2 Å². The van der Waals surface area contributed by atoms with Gasteiger partial charge in [-0.1, -0.05) is 6.92 Å². The second-order valence-corrected chi connectivity index (χ2v) is 4.19. The van der Waals surface area contributed by atoms with Gasteiger partial charge in [0.25, 0.3) is 0 Å². The first-order valence-electron chi connectivity index (χ1n) is 5.54. The maximum atomic E-state index is 13.8. The lowest BCUT2D eigenvalue weighted by atomic mass is 9.78. The highest BCUT2D eigenvalue weighted by molar-refractivity contribution is 6.61. The Labute approximate surface area is 103 Å². The molecule has 7 heteroatoms. The standard InChI is InChI=1S/C11H12BFO5/c1-2-6(11(15)16)10-9-7(12(17)18-10)3-5(14)4-8(9)13/h3-4,6,10,14,17H,2H2,1H3,(H,15,16). The maximum absolute atomic E-state index is 13.8. The summed E-state index contributed by atoms with van der Waals surface area (Å²) in [5.74, 6) is -3.17. The Balaban J connectivity index is 2.50. The zero-order chi connectivity index (χ0) is 13.4. The Hall–Kier alpha value is -1.60. The average Bonchev–Trinajstić information content (AvgIpc) is 2.57. The van der Waals surface area contributed by atoms with E-state index in [2.05, 4.69) is 0 Å². The molecule has 5 nitrogen and oxygen atoms in total. The van der Waals surface area contributed by atoms with E-state index < -0.39 is 30.9 Å². The van der Waals surface area contributed by atoms with Crippen molar-refractivity contribution in [3.63, 3.8) is 0 Å². The number of hydrogen-bond donors (Lipinski definition) is 3. The average molecular weight is 254 g/mol. The van der Waals surface area contributed by atoms with E-state index in [1.165, 1.54) is 6.07 Å². The number of halogens is 1. The number of phenolic OH excluding ortho intramolecular Hbond substituents is 1. The fourth-order valence-electron chi connectivity index (χ4n) is 2.22. The molecule has 3 N–H and O–H groups in total. The lowest BCUT2D eigenvalue weighted by molar-refractivity contribution is -0.145. The number of carboxylic acids is 1. The molecule has 1 aromatic carbocycles. The summed E-state index contributed by atoms with van der Waals surface area (Å²) in [6.45, 7) is 1.64. The van der Waals surface area contributed by atoms with Crippen molar-refractivity contribution in [1.29, 1.82) is 0 Å². The molecule has 0 amide bonds. The maximum Gasteiger partial charge on any atom is 0.492 e. The Morgan fingerprint density at radius 1 is 1.61 bits per heavy atom. The van der Waals surface area contributed by atoms with E-state index in [1.54, 1.807) is 6.92 Å². The highest BCUT2D eigenvalue weighted by atomic mass is 19.1. The van der Waals surface area contributed by atoms with Crippen molar-refractivity contribution in [3.8, 4) is 5.75 Å². The Bertz CT molecular complexity index is 493. The van der Waals surface area contributed by atoms with Gasteiger partial charge in [-0.25, -0.2) is 4.39 Å². The summed E-state index contributed by atoms with van der Waals surface area (Å²) in [6, 6.07) is 2.06. The van der Waals surface area contributed by atoms with Crippen molar-refractivity contribution in [1.82, 2.24) is 0 Å². The van der Waals surface area contributed by atoms with Crippen LogP contribution in [0.15, 0.2) is 12.1 Å². The van der Waals surface area contributed by atoms with E-state index in [9.17, 15) is 19.3 Å². The van der Waals surface area contributed by atoms with Gasteiger partial charge in [0.15, 0.2) is 0 Å². The third-order valence-electron chi connectivity index (χ3n) is 3.09. The van der Waals surface area contributed by atoms with Crippen molar-refractivity contribution in [2.45, 2.75) is 19.4 Å². The van der Waals surface area contributed by atoms with Crippen molar-refractivity contribution < 1.29 is 29.1 Å². The topological polar surface area (TPSA) is 87.0 Å².